The Hall–Kier alpha value is -0.660. The third kappa shape index (κ3) is 1.32. The first kappa shape index (κ1) is 8.92. The van der Waals surface area contributed by atoms with E-state index >= 15 is 0 Å². The van der Waals surface area contributed by atoms with Crippen LogP contribution in [0.4, 0.5) is 0 Å². The van der Waals surface area contributed by atoms with E-state index in [0.29, 0.717) is 5.28 Å². The lowest BCUT2D eigenvalue weighted by atomic mass is 10.3. The van der Waals surface area contributed by atoms with Crippen molar-refractivity contribution in [2.75, 3.05) is 0 Å². The van der Waals surface area contributed by atoms with Crippen LogP contribution < -0.4 is 0 Å². The summed E-state index contributed by atoms with van der Waals surface area (Å²) in [6.45, 7) is 3.95. The monoisotopic (exact) mass is 213 g/mol. The molecular weight excluding hydrogens is 205 g/mol. The van der Waals surface area contributed by atoms with E-state index in [2.05, 4.69) is 19.4 Å². The molecule has 1 atom stereocenters. The Morgan fingerprint density at radius 2 is 2.08 bits per heavy atom. The number of aryl methyl sites for hydroxylation is 2. The fourth-order valence-electron chi connectivity index (χ4n) is 1.33. The normalized spacial score (nSPS) is 11.1. The number of hydrogen-bond donors (Lipinski definition) is 0. The average molecular weight is 214 g/mol. The van der Waals surface area contributed by atoms with Gasteiger partial charge in [0.15, 0.2) is 0 Å². The highest BCUT2D eigenvalue weighted by atomic mass is 35.5. The Balaban J connectivity index is 2.94. The molecule has 5 heteroatoms. The van der Waals surface area contributed by atoms with Gasteiger partial charge in [-0.25, -0.2) is 4.98 Å². The molecule has 0 bridgehead atoms. The molecular formula is C8H9ClN3P. The van der Waals surface area contributed by atoms with Crippen molar-refractivity contribution in [3.63, 3.8) is 0 Å². The van der Waals surface area contributed by atoms with E-state index in [4.69, 9.17) is 11.6 Å². The summed E-state index contributed by atoms with van der Waals surface area (Å²) in [7, 11) is 2.60. The lowest BCUT2D eigenvalue weighted by Crippen LogP contribution is -1.90. The fraction of sp³-hybridized carbons (Fsp3) is 0.250. The predicted octanol–water partition coefficient (Wildman–Crippen LogP) is 2.34. The van der Waals surface area contributed by atoms with Crippen LogP contribution in [0.5, 0.6) is 0 Å². The molecule has 0 spiro atoms. The number of nitrogens with zero attached hydrogens (tertiary/aromatic N) is 3. The molecule has 2 aromatic rings. The highest BCUT2D eigenvalue weighted by Crippen LogP contribution is 2.23. The van der Waals surface area contributed by atoms with Crippen LogP contribution in [0.25, 0.3) is 11.0 Å². The van der Waals surface area contributed by atoms with Gasteiger partial charge >= 0.3 is 0 Å². The molecule has 2 aromatic heterocycles. The smallest absolute Gasteiger partial charge is 0.224 e. The van der Waals surface area contributed by atoms with Crippen molar-refractivity contribution in [2.24, 2.45) is 0 Å². The number of halogens is 1. The summed E-state index contributed by atoms with van der Waals surface area (Å²) in [6, 6.07) is 2.05. The van der Waals surface area contributed by atoms with E-state index in [0.717, 1.165) is 22.4 Å². The number of rotatable bonds is 0. The molecule has 0 saturated heterocycles. The summed E-state index contributed by atoms with van der Waals surface area (Å²) < 4.78 is 1.93. The van der Waals surface area contributed by atoms with Gasteiger partial charge in [-0.05, 0) is 40.9 Å². The maximum Gasteiger partial charge on any atom is 0.224 e. The Kier molecular flexibility index (Phi) is 2.01. The molecule has 1 unspecified atom stereocenters. The predicted molar refractivity (Wildman–Crippen MR) is 57.1 cm³/mol. The molecule has 13 heavy (non-hydrogen) atoms. The molecule has 0 N–H and O–H groups in total. The van der Waals surface area contributed by atoms with Crippen LogP contribution in [0, 0.1) is 13.8 Å². The van der Waals surface area contributed by atoms with Crippen molar-refractivity contribution in [2.45, 2.75) is 13.8 Å². The molecule has 68 valence electrons. The summed E-state index contributed by atoms with van der Waals surface area (Å²) >= 11 is 5.76. The Bertz CT molecular complexity index is 478. The van der Waals surface area contributed by atoms with Gasteiger partial charge in [0, 0.05) is 11.1 Å². The first-order valence-corrected chi connectivity index (χ1v) is 4.76. The van der Waals surface area contributed by atoms with Crippen LogP contribution in [0.2, 0.25) is 5.28 Å². The van der Waals surface area contributed by atoms with E-state index in [-0.39, 0.29) is 0 Å². The van der Waals surface area contributed by atoms with Crippen LogP contribution in [0.15, 0.2) is 6.07 Å². The van der Waals surface area contributed by atoms with Gasteiger partial charge < -0.3 is 4.34 Å². The van der Waals surface area contributed by atoms with Gasteiger partial charge in [-0.1, -0.05) is 0 Å². The van der Waals surface area contributed by atoms with E-state index in [1.54, 1.807) is 0 Å². The zero-order valence-electron chi connectivity index (χ0n) is 7.37. The molecule has 0 aliphatic carbocycles. The lowest BCUT2D eigenvalue weighted by Gasteiger charge is -1.98. The van der Waals surface area contributed by atoms with Crippen molar-refractivity contribution in [1.29, 1.82) is 0 Å². The maximum atomic E-state index is 5.76. The van der Waals surface area contributed by atoms with Gasteiger partial charge in [-0.3, -0.25) is 0 Å². The molecule has 0 aromatic carbocycles. The van der Waals surface area contributed by atoms with Crippen LogP contribution in [0.3, 0.4) is 0 Å². The Morgan fingerprint density at radius 3 is 2.77 bits per heavy atom. The standard InChI is InChI=1S/C8H9ClN3P/c1-4-3-6-5(2)10-8(9)11-7(6)12(4)13/h3H,13H2,1-2H3. The molecule has 0 fully saturated rings. The molecule has 3 nitrogen and oxygen atoms in total. The molecule has 0 saturated carbocycles. The minimum atomic E-state index is 0.298. The summed E-state index contributed by atoms with van der Waals surface area (Å²) in [6.07, 6.45) is 0. The van der Waals surface area contributed by atoms with Crippen LogP contribution in [-0.2, 0) is 0 Å². The first-order chi connectivity index (χ1) is 6.09. The summed E-state index contributed by atoms with van der Waals surface area (Å²) in [5.74, 6) is 0. The lowest BCUT2D eigenvalue weighted by molar-refractivity contribution is 1.12. The van der Waals surface area contributed by atoms with Gasteiger partial charge in [0.25, 0.3) is 0 Å². The summed E-state index contributed by atoms with van der Waals surface area (Å²) in [5, 5.41) is 1.35. The number of aromatic nitrogens is 3. The minimum absolute atomic E-state index is 0.298. The van der Waals surface area contributed by atoms with Crippen LogP contribution >= 0.6 is 21.0 Å². The largest absolute Gasteiger partial charge is 0.314 e. The van der Waals surface area contributed by atoms with E-state index in [1.807, 2.05) is 24.3 Å². The molecule has 0 aliphatic heterocycles. The first-order valence-electron chi connectivity index (χ1n) is 3.87. The van der Waals surface area contributed by atoms with Crippen molar-refractivity contribution < 1.29 is 0 Å². The summed E-state index contributed by atoms with van der Waals surface area (Å²) in [4.78, 5) is 8.24. The fourth-order valence-corrected chi connectivity index (χ4v) is 1.81. The molecule has 0 aliphatic rings. The van der Waals surface area contributed by atoms with Crippen molar-refractivity contribution in [3.05, 3.63) is 22.7 Å². The maximum absolute atomic E-state index is 5.76. The third-order valence-electron chi connectivity index (χ3n) is 2.05. The minimum Gasteiger partial charge on any atom is -0.314 e. The molecule has 2 heterocycles. The van der Waals surface area contributed by atoms with Gasteiger partial charge in [0.2, 0.25) is 5.28 Å². The van der Waals surface area contributed by atoms with Gasteiger partial charge in [0.1, 0.15) is 5.65 Å². The van der Waals surface area contributed by atoms with Crippen molar-refractivity contribution >= 4 is 32.0 Å². The molecule has 0 amide bonds. The van der Waals surface area contributed by atoms with Crippen LogP contribution in [-0.4, -0.2) is 14.3 Å². The Morgan fingerprint density at radius 1 is 1.38 bits per heavy atom. The Labute approximate surface area is 83.4 Å². The summed E-state index contributed by atoms with van der Waals surface area (Å²) in [5.41, 5.74) is 2.90. The second-order valence-electron chi connectivity index (χ2n) is 2.97. The zero-order chi connectivity index (χ0) is 9.59. The topological polar surface area (TPSA) is 30.7 Å². The molecule has 2 rings (SSSR count). The molecule has 0 radical (unpaired) electrons. The quantitative estimate of drug-likeness (QED) is 0.497. The second-order valence-corrected chi connectivity index (χ2v) is 3.83. The third-order valence-corrected chi connectivity index (χ3v) is 2.87. The number of fused-ring (bicyclic) bond motifs is 1. The van der Waals surface area contributed by atoms with E-state index < -0.39 is 0 Å². The average Bonchev–Trinajstić information content (AvgIpc) is 2.32. The second kappa shape index (κ2) is 2.93. The van der Waals surface area contributed by atoms with Gasteiger partial charge in [0.05, 0.1) is 5.69 Å². The van der Waals surface area contributed by atoms with E-state index in [9.17, 15) is 0 Å². The highest BCUT2D eigenvalue weighted by Gasteiger charge is 2.08. The zero-order valence-corrected chi connectivity index (χ0v) is 9.28. The SMILES string of the molecule is Cc1nc(Cl)nc2c1cc(C)n2P. The highest BCUT2D eigenvalue weighted by molar-refractivity contribution is 7.15. The van der Waals surface area contributed by atoms with Crippen molar-refractivity contribution in [1.82, 2.24) is 14.3 Å². The van der Waals surface area contributed by atoms with Crippen molar-refractivity contribution in [3.8, 4) is 0 Å². The van der Waals surface area contributed by atoms with Gasteiger partial charge in [-0.15, -0.1) is 0 Å². The van der Waals surface area contributed by atoms with Crippen LogP contribution in [0.1, 0.15) is 11.4 Å². The number of hydrogen-bond acceptors (Lipinski definition) is 2. The van der Waals surface area contributed by atoms with E-state index in [1.165, 1.54) is 0 Å². The van der Waals surface area contributed by atoms with Gasteiger partial charge in [-0.2, -0.15) is 4.98 Å².